The molecular weight excluding hydrogens is 274 g/mol. The quantitative estimate of drug-likeness (QED) is 0.904. The highest BCUT2D eigenvalue weighted by Crippen LogP contribution is 2.28. The second kappa shape index (κ2) is 5.80. The van der Waals surface area contributed by atoms with Crippen molar-refractivity contribution in [3.8, 4) is 11.8 Å². The molecule has 0 radical (unpaired) electrons. The molecule has 0 unspecified atom stereocenters. The molecule has 0 fully saturated rings. The minimum Gasteiger partial charge on any atom is -0.507 e. The predicted octanol–water partition coefficient (Wildman–Crippen LogP) is 3.77. The van der Waals surface area contributed by atoms with E-state index < -0.39 is 11.6 Å². The van der Waals surface area contributed by atoms with Gasteiger partial charge < -0.3 is 10.4 Å². The van der Waals surface area contributed by atoms with Crippen LogP contribution in [0.1, 0.15) is 22.3 Å². The Hall–Kier alpha value is -2.61. The number of phenols is 1. The van der Waals surface area contributed by atoms with E-state index in [1.807, 2.05) is 0 Å². The van der Waals surface area contributed by atoms with Crippen molar-refractivity contribution in [1.29, 1.82) is 5.26 Å². The molecule has 5 heteroatoms. The third-order valence-corrected chi connectivity index (χ3v) is 3.36. The van der Waals surface area contributed by atoms with Gasteiger partial charge in [0, 0.05) is 23.4 Å². The van der Waals surface area contributed by atoms with Crippen LogP contribution in [-0.2, 0) is 6.54 Å². The van der Waals surface area contributed by atoms with Gasteiger partial charge in [0.1, 0.15) is 17.4 Å². The molecule has 0 heterocycles. The highest BCUT2D eigenvalue weighted by molar-refractivity contribution is 5.59. The number of rotatable bonds is 3. The van der Waals surface area contributed by atoms with Gasteiger partial charge in [0.05, 0.1) is 11.6 Å². The largest absolute Gasteiger partial charge is 0.507 e. The number of hydrogen-bond acceptors (Lipinski definition) is 3. The first kappa shape index (κ1) is 14.8. The van der Waals surface area contributed by atoms with Gasteiger partial charge in [0.2, 0.25) is 0 Å². The first-order valence-corrected chi connectivity index (χ1v) is 6.35. The van der Waals surface area contributed by atoms with E-state index >= 15 is 0 Å². The average Bonchev–Trinajstić information content (AvgIpc) is 2.45. The van der Waals surface area contributed by atoms with E-state index in [-0.39, 0.29) is 23.4 Å². The van der Waals surface area contributed by atoms with Crippen molar-refractivity contribution in [2.75, 3.05) is 5.32 Å². The smallest absolute Gasteiger partial charge is 0.132 e. The summed E-state index contributed by atoms with van der Waals surface area (Å²) in [5.74, 6) is -1.39. The van der Waals surface area contributed by atoms with Crippen molar-refractivity contribution in [3.05, 3.63) is 58.2 Å². The van der Waals surface area contributed by atoms with Crippen LogP contribution in [0.25, 0.3) is 0 Å². The standard InChI is InChI=1S/C16H14F2N2O/c1-9-3-4-15(10(2)16(9)21)20-8-12-13(17)5-11(7-19)6-14(12)18/h3-6,20-21H,8H2,1-2H3. The van der Waals surface area contributed by atoms with Crippen molar-refractivity contribution in [1.82, 2.24) is 0 Å². The molecule has 0 saturated carbocycles. The Morgan fingerprint density at radius 3 is 2.38 bits per heavy atom. The van der Waals surface area contributed by atoms with Gasteiger partial charge in [-0.1, -0.05) is 6.07 Å². The number of anilines is 1. The van der Waals surface area contributed by atoms with E-state index in [0.29, 0.717) is 11.3 Å². The number of aromatic hydroxyl groups is 1. The van der Waals surface area contributed by atoms with Gasteiger partial charge in [-0.3, -0.25) is 0 Å². The van der Waals surface area contributed by atoms with E-state index in [0.717, 1.165) is 17.7 Å². The Morgan fingerprint density at radius 1 is 1.19 bits per heavy atom. The minimum absolute atomic E-state index is 0.0575. The Kier molecular flexibility index (Phi) is 4.08. The van der Waals surface area contributed by atoms with Crippen LogP contribution in [0.2, 0.25) is 0 Å². The molecule has 0 spiro atoms. The summed E-state index contributed by atoms with van der Waals surface area (Å²) in [6.45, 7) is 3.41. The normalized spacial score (nSPS) is 10.2. The summed E-state index contributed by atoms with van der Waals surface area (Å²) in [7, 11) is 0. The van der Waals surface area contributed by atoms with E-state index in [4.69, 9.17) is 5.26 Å². The summed E-state index contributed by atoms with van der Waals surface area (Å²) in [6, 6.07) is 7.16. The molecule has 0 bridgehead atoms. The monoisotopic (exact) mass is 288 g/mol. The molecule has 21 heavy (non-hydrogen) atoms. The van der Waals surface area contributed by atoms with E-state index in [1.165, 1.54) is 0 Å². The van der Waals surface area contributed by atoms with Crippen LogP contribution in [0, 0.1) is 36.8 Å². The molecule has 0 aliphatic heterocycles. The SMILES string of the molecule is Cc1ccc(NCc2c(F)cc(C#N)cc2F)c(C)c1O. The van der Waals surface area contributed by atoms with Gasteiger partial charge in [-0.25, -0.2) is 8.78 Å². The fraction of sp³-hybridized carbons (Fsp3) is 0.188. The van der Waals surface area contributed by atoms with Crippen LogP contribution in [-0.4, -0.2) is 5.11 Å². The van der Waals surface area contributed by atoms with Crippen LogP contribution in [0.15, 0.2) is 24.3 Å². The van der Waals surface area contributed by atoms with Crippen molar-refractivity contribution in [3.63, 3.8) is 0 Å². The van der Waals surface area contributed by atoms with Crippen molar-refractivity contribution in [2.24, 2.45) is 0 Å². The zero-order valence-electron chi connectivity index (χ0n) is 11.7. The van der Waals surface area contributed by atoms with Gasteiger partial charge in [-0.05, 0) is 37.6 Å². The molecule has 0 aromatic heterocycles. The lowest BCUT2D eigenvalue weighted by atomic mass is 10.1. The summed E-state index contributed by atoms with van der Waals surface area (Å²) in [5.41, 5.74) is 1.74. The molecular formula is C16H14F2N2O. The lowest BCUT2D eigenvalue weighted by Crippen LogP contribution is -2.06. The second-order valence-corrected chi connectivity index (χ2v) is 4.79. The second-order valence-electron chi connectivity index (χ2n) is 4.79. The van der Waals surface area contributed by atoms with Crippen LogP contribution in [0.5, 0.6) is 5.75 Å². The zero-order chi connectivity index (χ0) is 15.6. The van der Waals surface area contributed by atoms with E-state index in [1.54, 1.807) is 32.0 Å². The fourth-order valence-corrected chi connectivity index (χ4v) is 2.05. The number of nitrogens with one attached hydrogen (secondary N) is 1. The van der Waals surface area contributed by atoms with Gasteiger partial charge in [0.15, 0.2) is 0 Å². The van der Waals surface area contributed by atoms with Crippen LogP contribution in [0.3, 0.4) is 0 Å². The van der Waals surface area contributed by atoms with Crippen LogP contribution in [0.4, 0.5) is 14.5 Å². The molecule has 108 valence electrons. The number of aryl methyl sites for hydroxylation is 1. The van der Waals surface area contributed by atoms with E-state index in [9.17, 15) is 13.9 Å². The summed E-state index contributed by atoms with van der Waals surface area (Å²) >= 11 is 0. The summed E-state index contributed by atoms with van der Waals surface area (Å²) < 4.78 is 27.5. The maximum absolute atomic E-state index is 13.8. The number of halogens is 2. The molecule has 3 nitrogen and oxygen atoms in total. The Labute approximate surface area is 121 Å². The maximum atomic E-state index is 13.8. The third-order valence-electron chi connectivity index (χ3n) is 3.36. The van der Waals surface area contributed by atoms with Gasteiger partial charge in [0.25, 0.3) is 0 Å². The molecule has 2 N–H and O–H groups in total. The molecule has 0 amide bonds. The number of hydrogen-bond donors (Lipinski definition) is 2. The van der Waals surface area contributed by atoms with Gasteiger partial charge in [-0.2, -0.15) is 5.26 Å². The topological polar surface area (TPSA) is 56.0 Å². The molecule has 2 aromatic rings. The Balaban J connectivity index is 2.25. The lowest BCUT2D eigenvalue weighted by Gasteiger charge is -2.13. The number of nitrogens with zero attached hydrogens (tertiary/aromatic N) is 1. The Morgan fingerprint density at radius 2 is 1.81 bits per heavy atom. The number of phenolic OH excluding ortho intramolecular Hbond substituents is 1. The zero-order valence-corrected chi connectivity index (χ0v) is 11.7. The van der Waals surface area contributed by atoms with Crippen molar-refractivity contribution < 1.29 is 13.9 Å². The molecule has 0 aliphatic carbocycles. The number of benzene rings is 2. The highest BCUT2D eigenvalue weighted by Gasteiger charge is 2.12. The highest BCUT2D eigenvalue weighted by atomic mass is 19.1. The van der Waals surface area contributed by atoms with Gasteiger partial charge in [-0.15, -0.1) is 0 Å². The van der Waals surface area contributed by atoms with Crippen LogP contribution >= 0.6 is 0 Å². The first-order valence-electron chi connectivity index (χ1n) is 6.35. The van der Waals surface area contributed by atoms with Gasteiger partial charge >= 0.3 is 0 Å². The van der Waals surface area contributed by atoms with Crippen LogP contribution < -0.4 is 5.32 Å². The molecule has 0 aliphatic rings. The molecule has 0 atom stereocenters. The summed E-state index contributed by atoms with van der Waals surface area (Å²) in [5, 5.41) is 21.4. The maximum Gasteiger partial charge on any atom is 0.132 e. The summed E-state index contributed by atoms with van der Waals surface area (Å²) in [6.07, 6.45) is 0. The van der Waals surface area contributed by atoms with Crippen molar-refractivity contribution >= 4 is 5.69 Å². The predicted molar refractivity (Wildman–Crippen MR) is 76.0 cm³/mol. The number of nitriles is 1. The van der Waals surface area contributed by atoms with Crippen molar-refractivity contribution in [2.45, 2.75) is 20.4 Å². The molecule has 2 aromatic carbocycles. The first-order chi connectivity index (χ1) is 9.93. The minimum atomic E-state index is -0.770. The lowest BCUT2D eigenvalue weighted by molar-refractivity contribution is 0.467. The molecule has 0 saturated heterocycles. The average molecular weight is 288 g/mol. The Bertz CT molecular complexity index is 713. The third kappa shape index (κ3) is 2.95. The summed E-state index contributed by atoms with van der Waals surface area (Å²) in [4.78, 5) is 0. The fourth-order valence-electron chi connectivity index (χ4n) is 2.05. The molecule has 2 rings (SSSR count). The van der Waals surface area contributed by atoms with E-state index in [2.05, 4.69) is 5.32 Å².